The van der Waals surface area contributed by atoms with Crippen LogP contribution in [0.2, 0.25) is 0 Å². The number of carboxylic acids is 1. The second-order valence-electron chi connectivity index (χ2n) is 4.30. The number of benzene rings is 1. The standard InChI is InChI=1S/C13H15NO3S/c1-9-2-4-10(5-3-9)13-14(7-6-12(16)17)11(15)8-18-13/h2-5,13H,6-8H2,1H3,(H,16,17)/t13-/m0/s1. The van der Waals surface area contributed by atoms with E-state index >= 15 is 0 Å². The Morgan fingerprint density at radius 1 is 1.44 bits per heavy atom. The zero-order chi connectivity index (χ0) is 13.1. The molecule has 1 aromatic carbocycles. The molecule has 0 unspecified atom stereocenters. The molecular weight excluding hydrogens is 250 g/mol. The summed E-state index contributed by atoms with van der Waals surface area (Å²) in [5.74, 6) is -0.424. The Kier molecular flexibility index (Phi) is 3.91. The van der Waals surface area contributed by atoms with Crippen molar-refractivity contribution < 1.29 is 14.7 Å². The van der Waals surface area contributed by atoms with Gasteiger partial charge in [-0.25, -0.2) is 0 Å². The van der Waals surface area contributed by atoms with Gasteiger partial charge in [-0.05, 0) is 12.5 Å². The van der Waals surface area contributed by atoms with Crippen molar-refractivity contribution in [3.63, 3.8) is 0 Å². The van der Waals surface area contributed by atoms with Gasteiger partial charge in [0, 0.05) is 6.54 Å². The first kappa shape index (κ1) is 13.0. The molecule has 1 fully saturated rings. The first-order chi connectivity index (χ1) is 8.58. The summed E-state index contributed by atoms with van der Waals surface area (Å²) in [6.45, 7) is 2.29. The average Bonchev–Trinajstić information content (AvgIpc) is 2.69. The first-order valence-corrected chi connectivity index (χ1v) is 6.82. The summed E-state index contributed by atoms with van der Waals surface area (Å²) in [5, 5.41) is 8.66. The number of hydrogen-bond acceptors (Lipinski definition) is 3. The largest absolute Gasteiger partial charge is 0.481 e. The lowest BCUT2D eigenvalue weighted by Crippen LogP contribution is -2.30. The number of amides is 1. The molecule has 18 heavy (non-hydrogen) atoms. The molecule has 1 amide bonds. The lowest BCUT2D eigenvalue weighted by molar-refractivity contribution is -0.138. The minimum Gasteiger partial charge on any atom is -0.481 e. The van der Waals surface area contributed by atoms with E-state index in [-0.39, 0.29) is 24.2 Å². The first-order valence-electron chi connectivity index (χ1n) is 5.77. The summed E-state index contributed by atoms with van der Waals surface area (Å²) >= 11 is 1.55. The summed E-state index contributed by atoms with van der Waals surface area (Å²) in [6, 6.07) is 8.01. The molecule has 0 bridgehead atoms. The molecule has 0 radical (unpaired) electrons. The van der Waals surface area contributed by atoms with Crippen molar-refractivity contribution in [2.24, 2.45) is 0 Å². The van der Waals surface area contributed by atoms with Crippen LogP contribution in [0.4, 0.5) is 0 Å². The molecule has 0 spiro atoms. The van der Waals surface area contributed by atoms with E-state index in [1.54, 1.807) is 16.7 Å². The van der Waals surface area contributed by atoms with E-state index in [0.29, 0.717) is 5.75 Å². The predicted octanol–water partition coefficient (Wildman–Crippen LogP) is 2.04. The van der Waals surface area contributed by atoms with Crippen molar-refractivity contribution in [3.8, 4) is 0 Å². The molecule has 1 N–H and O–H groups in total. The molecule has 5 heteroatoms. The highest BCUT2D eigenvalue weighted by Crippen LogP contribution is 2.38. The summed E-state index contributed by atoms with van der Waals surface area (Å²) in [7, 11) is 0. The van der Waals surface area contributed by atoms with Crippen LogP contribution in [0.15, 0.2) is 24.3 Å². The molecule has 1 aliphatic rings. The molecule has 1 aliphatic heterocycles. The van der Waals surface area contributed by atoms with Crippen LogP contribution in [0.3, 0.4) is 0 Å². The van der Waals surface area contributed by atoms with E-state index in [1.807, 2.05) is 31.2 Å². The minimum absolute atomic E-state index is 0.00530. The molecule has 1 heterocycles. The summed E-state index contributed by atoms with van der Waals surface area (Å²) in [4.78, 5) is 24.0. The molecule has 1 aromatic rings. The Bertz CT molecular complexity index is 458. The number of carbonyl (C=O) groups is 2. The highest BCUT2D eigenvalue weighted by atomic mass is 32.2. The molecular formula is C13H15NO3S. The maximum atomic E-state index is 11.7. The summed E-state index contributed by atoms with van der Waals surface area (Å²) in [6.07, 6.45) is -0.00530. The third-order valence-electron chi connectivity index (χ3n) is 2.90. The maximum Gasteiger partial charge on any atom is 0.305 e. The molecule has 1 saturated heterocycles. The Morgan fingerprint density at radius 2 is 2.11 bits per heavy atom. The normalized spacial score (nSPS) is 19.3. The van der Waals surface area contributed by atoms with Gasteiger partial charge < -0.3 is 10.0 Å². The topological polar surface area (TPSA) is 57.6 Å². The van der Waals surface area contributed by atoms with E-state index in [4.69, 9.17) is 5.11 Å². The van der Waals surface area contributed by atoms with E-state index in [9.17, 15) is 9.59 Å². The Hall–Kier alpha value is -1.49. The van der Waals surface area contributed by atoms with Crippen LogP contribution in [0, 0.1) is 6.92 Å². The van der Waals surface area contributed by atoms with Crippen molar-refractivity contribution >= 4 is 23.6 Å². The molecule has 1 atom stereocenters. The van der Waals surface area contributed by atoms with Crippen LogP contribution in [-0.2, 0) is 9.59 Å². The Balaban J connectivity index is 2.13. The van der Waals surface area contributed by atoms with Crippen LogP contribution in [0.5, 0.6) is 0 Å². The number of nitrogens with zero attached hydrogens (tertiary/aromatic N) is 1. The van der Waals surface area contributed by atoms with Gasteiger partial charge in [-0.2, -0.15) is 0 Å². The average molecular weight is 265 g/mol. The zero-order valence-corrected chi connectivity index (χ0v) is 10.9. The fourth-order valence-electron chi connectivity index (χ4n) is 1.92. The van der Waals surface area contributed by atoms with Crippen molar-refractivity contribution in [2.75, 3.05) is 12.3 Å². The number of rotatable bonds is 4. The molecule has 0 saturated carbocycles. The van der Waals surface area contributed by atoms with Gasteiger partial charge in [-0.1, -0.05) is 29.8 Å². The van der Waals surface area contributed by atoms with Crippen molar-refractivity contribution in [2.45, 2.75) is 18.7 Å². The minimum atomic E-state index is -0.873. The number of carboxylic acid groups (broad SMARTS) is 1. The van der Waals surface area contributed by atoms with Crippen LogP contribution in [-0.4, -0.2) is 34.2 Å². The second kappa shape index (κ2) is 5.44. The SMILES string of the molecule is Cc1ccc([C@@H]2SCC(=O)N2CCC(=O)O)cc1. The van der Waals surface area contributed by atoms with E-state index in [2.05, 4.69) is 0 Å². The monoisotopic (exact) mass is 265 g/mol. The fraction of sp³-hybridized carbons (Fsp3) is 0.385. The highest BCUT2D eigenvalue weighted by Gasteiger charge is 2.32. The van der Waals surface area contributed by atoms with E-state index < -0.39 is 5.97 Å². The Morgan fingerprint density at radius 3 is 2.72 bits per heavy atom. The smallest absolute Gasteiger partial charge is 0.305 e. The number of carbonyl (C=O) groups excluding carboxylic acids is 1. The van der Waals surface area contributed by atoms with Crippen LogP contribution in [0.25, 0.3) is 0 Å². The molecule has 96 valence electrons. The van der Waals surface area contributed by atoms with Gasteiger partial charge in [-0.15, -0.1) is 11.8 Å². The lowest BCUT2D eigenvalue weighted by Gasteiger charge is -2.23. The van der Waals surface area contributed by atoms with Crippen LogP contribution in [0.1, 0.15) is 22.9 Å². The highest BCUT2D eigenvalue weighted by molar-refractivity contribution is 8.00. The van der Waals surface area contributed by atoms with Crippen LogP contribution >= 0.6 is 11.8 Å². The molecule has 0 aliphatic carbocycles. The molecule has 2 rings (SSSR count). The Labute approximate surface area is 110 Å². The van der Waals surface area contributed by atoms with Gasteiger partial charge in [0.05, 0.1) is 12.2 Å². The van der Waals surface area contributed by atoms with Crippen molar-refractivity contribution in [3.05, 3.63) is 35.4 Å². The van der Waals surface area contributed by atoms with Crippen molar-refractivity contribution in [1.82, 2.24) is 4.90 Å². The van der Waals surface area contributed by atoms with Gasteiger partial charge in [-0.3, -0.25) is 9.59 Å². The number of thioether (sulfide) groups is 1. The van der Waals surface area contributed by atoms with Gasteiger partial charge in [0.2, 0.25) is 5.91 Å². The van der Waals surface area contributed by atoms with Crippen LogP contribution < -0.4 is 0 Å². The van der Waals surface area contributed by atoms with Gasteiger partial charge in [0.25, 0.3) is 0 Å². The van der Waals surface area contributed by atoms with Gasteiger partial charge in [0.1, 0.15) is 5.37 Å². The summed E-state index contributed by atoms with van der Waals surface area (Å²) in [5.41, 5.74) is 2.23. The van der Waals surface area contributed by atoms with Crippen molar-refractivity contribution in [1.29, 1.82) is 0 Å². The van der Waals surface area contributed by atoms with E-state index in [1.165, 1.54) is 5.56 Å². The number of hydrogen-bond donors (Lipinski definition) is 1. The number of aryl methyl sites for hydroxylation is 1. The predicted molar refractivity (Wildman–Crippen MR) is 70.3 cm³/mol. The fourth-order valence-corrected chi connectivity index (χ4v) is 3.14. The maximum absolute atomic E-state index is 11.7. The molecule has 0 aromatic heterocycles. The summed E-state index contributed by atoms with van der Waals surface area (Å²) < 4.78 is 0. The van der Waals surface area contributed by atoms with Gasteiger partial charge in [0.15, 0.2) is 0 Å². The van der Waals surface area contributed by atoms with E-state index in [0.717, 1.165) is 5.56 Å². The quantitative estimate of drug-likeness (QED) is 0.905. The third-order valence-corrected chi connectivity index (χ3v) is 4.15. The molecule has 4 nitrogen and oxygen atoms in total. The lowest BCUT2D eigenvalue weighted by atomic mass is 10.1. The third kappa shape index (κ3) is 2.85. The second-order valence-corrected chi connectivity index (χ2v) is 5.37. The van der Waals surface area contributed by atoms with Gasteiger partial charge >= 0.3 is 5.97 Å². The number of aliphatic carboxylic acids is 1. The zero-order valence-electron chi connectivity index (χ0n) is 10.1.